The summed E-state index contributed by atoms with van der Waals surface area (Å²) in [5.41, 5.74) is 6.27. The molecule has 2 rings (SSSR count). The first-order valence-electron chi connectivity index (χ1n) is 4.85. The maximum Gasteiger partial charge on any atom is 0.0752 e. The molecule has 0 aromatic carbocycles. The van der Waals surface area contributed by atoms with Crippen LogP contribution in [0.3, 0.4) is 0 Å². The molecule has 70 valence electrons. The van der Waals surface area contributed by atoms with E-state index in [1.807, 2.05) is 0 Å². The van der Waals surface area contributed by atoms with E-state index >= 15 is 0 Å². The van der Waals surface area contributed by atoms with Gasteiger partial charge in [0.05, 0.1) is 6.10 Å². The lowest BCUT2D eigenvalue weighted by molar-refractivity contribution is 0.00582. The molecule has 12 heavy (non-hydrogen) atoms. The van der Waals surface area contributed by atoms with Crippen LogP contribution in [-0.4, -0.2) is 17.3 Å². The van der Waals surface area contributed by atoms with Crippen LogP contribution >= 0.6 is 0 Å². The standard InChI is InChI=1S/C10H19NO/c1-9(2)6-4-5-10(9,3)8(12)7(6)11/h6-8,12H,4-5,11H2,1-3H3/t6?,7?,8?,10-/m0/s1. The van der Waals surface area contributed by atoms with Gasteiger partial charge in [-0.05, 0) is 24.2 Å². The Hall–Kier alpha value is -0.0800. The van der Waals surface area contributed by atoms with Crippen molar-refractivity contribution < 1.29 is 5.11 Å². The van der Waals surface area contributed by atoms with E-state index in [-0.39, 0.29) is 23.0 Å². The summed E-state index contributed by atoms with van der Waals surface area (Å²) in [7, 11) is 0. The number of rotatable bonds is 0. The molecule has 2 saturated carbocycles. The molecule has 0 aromatic rings. The van der Waals surface area contributed by atoms with E-state index in [0.717, 1.165) is 6.42 Å². The monoisotopic (exact) mass is 169 g/mol. The minimum absolute atomic E-state index is 0.0127. The number of aliphatic hydroxyl groups is 1. The Balaban J connectivity index is 2.44. The van der Waals surface area contributed by atoms with Crippen molar-refractivity contribution in [1.82, 2.24) is 0 Å². The summed E-state index contributed by atoms with van der Waals surface area (Å²) < 4.78 is 0. The summed E-state index contributed by atoms with van der Waals surface area (Å²) in [6.45, 7) is 6.69. The lowest BCUT2D eigenvalue weighted by atomic mass is 9.70. The summed E-state index contributed by atoms with van der Waals surface area (Å²) in [5.74, 6) is 0.525. The highest BCUT2D eigenvalue weighted by molar-refractivity contribution is 5.16. The van der Waals surface area contributed by atoms with E-state index in [2.05, 4.69) is 20.8 Å². The van der Waals surface area contributed by atoms with Gasteiger partial charge in [0.25, 0.3) is 0 Å². The Morgan fingerprint density at radius 3 is 2.17 bits per heavy atom. The predicted molar refractivity (Wildman–Crippen MR) is 48.6 cm³/mol. The van der Waals surface area contributed by atoms with Gasteiger partial charge >= 0.3 is 0 Å². The number of nitrogens with two attached hydrogens (primary N) is 1. The molecule has 3 N–H and O–H groups in total. The van der Waals surface area contributed by atoms with Crippen molar-refractivity contribution in [2.45, 2.75) is 45.8 Å². The third-order valence-electron chi connectivity index (χ3n) is 4.86. The molecular formula is C10H19NO. The zero-order chi connectivity index (χ0) is 9.15. The minimum Gasteiger partial charge on any atom is -0.391 e. The van der Waals surface area contributed by atoms with Crippen molar-refractivity contribution in [2.24, 2.45) is 22.5 Å². The molecule has 0 saturated heterocycles. The number of hydrogen-bond acceptors (Lipinski definition) is 2. The van der Waals surface area contributed by atoms with E-state index in [4.69, 9.17) is 5.73 Å². The van der Waals surface area contributed by atoms with Gasteiger partial charge in [-0.3, -0.25) is 0 Å². The maximum atomic E-state index is 9.96. The van der Waals surface area contributed by atoms with Gasteiger partial charge in [-0.1, -0.05) is 20.8 Å². The molecule has 2 fully saturated rings. The fourth-order valence-corrected chi connectivity index (χ4v) is 3.41. The zero-order valence-corrected chi connectivity index (χ0v) is 8.17. The topological polar surface area (TPSA) is 46.2 Å². The first kappa shape index (κ1) is 8.52. The average molecular weight is 169 g/mol. The first-order valence-corrected chi connectivity index (χ1v) is 4.85. The molecule has 2 heteroatoms. The molecule has 2 nitrogen and oxygen atoms in total. The van der Waals surface area contributed by atoms with E-state index < -0.39 is 0 Å². The third-order valence-corrected chi connectivity index (χ3v) is 4.86. The van der Waals surface area contributed by atoms with Gasteiger partial charge in [-0.15, -0.1) is 0 Å². The van der Waals surface area contributed by atoms with Gasteiger partial charge in [-0.2, -0.15) is 0 Å². The lowest BCUT2D eigenvalue weighted by Gasteiger charge is -2.36. The lowest BCUT2D eigenvalue weighted by Crippen LogP contribution is -2.43. The normalized spacial score (nSPS) is 56.2. The van der Waals surface area contributed by atoms with Crippen molar-refractivity contribution >= 4 is 0 Å². The Bertz CT molecular complexity index is 214. The summed E-state index contributed by atoms with van der Waals surface area (Å²) >= 11 is 0. The summed E-state index contributed by atoms with van der Waals surface area (Å²) in [4.78, 5) is 0. The fraction of sp³-hybridized carbons (Fsp3) is 1.00. The van der Waals surface area contributed by atoms with Crippen LogP contribution in [0.1, 0.15) is 33.6 Å². The Labute approximate surface area is 74.1 Å². The Kier molecular flexibility index (Phi) is 1.45. The van der Waals surface area contributed by atoms with Crippen LogP contribution in [0.4, 0.5) is 0 Å². The fourth-order valence-electron chi connectivity index (χ4n) is 3.41. The van der Waals surface area contributed by atoms with Crippen LogP contribution in [0.25, 0.3) is 0 Å². The van der Waals surface area contributed by atoms with Crippen LogP contribution in [0.2, 0.25) is 0 Å². The molecule has 0 spiro atoms. The van der Waals surface area contributed by atoms with Gasteiger partial charge < -0.3 is 10.8 Å². The van der Waals surface area contributed by atoms with Crippen LogP contribution in [0, 0.1) is 16.7 Å². The Morgan fingerprint density at radius 2 is 1.92 bits per heavy atom. The molecule has 0 radical (unpaired) electrons. The second-order valence-electron chi connectivity index (χ2n) is 5.31. The van der Waals surface area contributed by atoms with Gasteiger partial charge in [0.15, 0.2) is 0 Å². The van der Waals surface area contributed by atoms with Crippen LogP contribution < -0.4 is 5.73 Å². The summed E-state index contributed by atoms with van der Waals surface area (Å²) in [6.07, 6.45) is 2.05. The molecule has 2 bridgehead atoms. The van der Waals surface area contributed by atoms with Crippen molar-refractivity contribution in [3.05, 3.63) is 0 Å². The molecule has 0 heterocycles. The highest BCUT2D eigenvalue weighted by Gasteiger charge is 2.64. The largest absolute Gasteiger partial charge is 0.391 e. The van der Waals surface area contributed by atoms with Crippen molar-refractivity contribution in [3.63, 3.8) is 0 Å². The highest BCUT2D eigenvalue weighted by atomic mass is 16.3. The predicted octanol–water partition coefficient (Wildman–Crippen LogP) is 1.13. The van der Waals surface area contributed by atoms with Crippen molar-refractivity contribution in [3.8, 4) is 0 Å². The SMILES string of the molecule is CC1(C)C2CC[C@@]1(C)C(O)C2N. The van der Waals surface area contributed by atoms with E-state index in [1.54, 1.807) is 0 Å². The van der Waals surface area contributed by atoms with E-state index in [1.165, 1.54) is 6.42 Å². The van der Waals surface area contributed by atoms with Crippen LogP contribution in [0.5, 0.6) is 0 Å². The first-order chi connectivity index (χ1) is 5.41. The van der Waals surface area contributed by atoms with E-state index in [0.29, 0.717) is 5.92 Å². The van der Waals surface area contributed by atoms with Gasteiger partial charge in [0.1, 0.15) is 0 Å². The molecule has 0 amide bonds. The molecule has 0 aliphatic heterocycles. The number of aliphatic hydroxyl groups excluding tert-OH is 1. The second-order valence-corrected chi connectivity index (χ2v) is 5.31. The molecule has 0 aromatic heterocycles. The number of fused-ring (bicyclic) bond motifs is 2. The van der Waals surface area contributed by atoms with Gasteiger partial charge in [-0.25, -0.2) is 0 Å². The molecule has 4 atom stereocenters. The van der Waals surface area contributed by atoms with Crippen LogP contribution in [-0.2, 0) is 0 Å². The van der Waals surface area contributed by atoms with Crippen LogP contribution in [0.15, 0.2) is 0 Å². The Morgan fingerprint density at radius 1 is 1.33 bits per heavy atom. The number of hydrogen-bond donors (Lipinski definition) is 2. The second kappa shape index (κ2) is 2.05. The zero-order valence-electron chi connectivity index (χ0n) is 8.17. The molecule has 2 aliphatic rings. The minimum atomic E-state index is -0.286. The van der Waals surface area contributed by atoms with Gasteiger partial charge in [0.2, 0.25) is 0 Å². The highest BCUT2D eigenvalue weighted by Crippen LogP contribution is 2.64. The van der Waals surface area contributed by atoms with Crippen molar-refractivity contribution in [1.29, 1.82) is 0 Å². The van der Waals surface area contributed by atoms with Gasteiger partial charge in [0, 0.05) is 11.5 Å². The average Bonchev–Trinajstić information content (AvgIpc) is 2.26. The summed E-state index contributed by atoms with van der Waals surface area (Å²) in [6, 6.07) is 0.0127. The summed E-state index contributed by atoms with van der Waals surface area (Å²) in [5, 5.41) is 9.96. The van der Waals surface area contributed by atoms with E-state index in [9.17, 15) is 5.11 Å². The van der Waals surface area contributed by atoms with Crippen molar-refractivity contribution in [2.75, 3.05) is 0 Å². The third kappa shape index (κ3) is 0.647. The quantitative estimate of drug-likeness (QED) is 0.571. The smallest absolute Gasteiger partial charge is 0.0752 e. The molecular weight excluding hydrogens is 150 g/mol. The maximum absolute atomic E-state index is 9.96. The molecule has 3 unspecified atom stereocenters. The molecule has 2 aliphatic carbocycles.